The van der Waals surface area contributed by atoms with Crippen molar-refractivity contribution < 1.29 is 17.9 Å². The van der Waals surface area contributed by atoms with Gasteiger partial charge in [-0.25, -0.2) is 0 Å². The first-order valence-electron chi connectivity index (χ1n) is 4.70. The molecule has 0 amide bonds. The van der Waals surface area contributed by atoms with Crippen LogP contribution in [0.25, 0.3) is 0 Å². The number of halogens is 3. The molecule has 0 spiro atoms. The highest BCUT2D eigenvalue weighted by Gasteiger charge is 2.33. The molecular weight excluding hydrogens is 205 g/mol. The van der Waals surface area contributed by atoms with E-state index in [1.807, 2.05) is 13.8 Å². The molecule has 0 aliphatic carbocycles. The van der Waals surface area contributed by atoms with Crippen LogP contribution >= 0.6 is 0 Å². The largest absolute Gasteiger partial charge is 0.493 e. The van der Waals surface area contributed by atoms with E-state index in [1.165, 1.54) is 18.2 Å². The Morgan fingerprint density at radius 1 is 1.20 bits per heavy atom. The Morgan fingerprint density at radius 3 is 2.33 bits per heavy atom. The van der Waals surface area contributed by atoms with Crippen LogP contribution in [0.5, 0.6) is 5.75 Å². The van der Waals surface area contributed by atoms with Crippen molar-refractivity contribution in [2.45, 2.75) is 20.0 Å². The van der Waals surface area contributed by atoms with Crippen LogP contribution in [0.15, 0.2) is 24.3 Å². The molecule has 0 aliphatic rings. The minimum atomic E-state index is -4.35. The number of rotatable bonds is 3. The molecule has 0 fully saturated rings. The number of hydrogen-bond acceptors (Lipinski definition) is 1. The van der Waals surface area contributed by atoms with Crippen LogP contribution in [0.2, 0.25) is 0 Å². The summed E-state index contributed by atoms with van der Waals surface area (Å²) in [6.45, 7) is 4.06. The highest BCUT2D eigenvalue weighted by atomic mass is 19.4. The van der Waals surface area contributed by atoms with Crippen molar-refractivity contribution in [3.05, 3.63) is 29.8 Å². The third-order valence-electron chi connectivity index (χ3n) is 1.76. The fourth-order valence-corrected chi connectivity index (χ4v) is 1.08. The number of ether oxygens (including phenoxy) is 1. The van der Waals surface area contributed by atoms with Gasteiger partial charge in [0.25, 0.3) is 0 Å². The molecule has 0 atom stereocenters. The van der Waals surface area contributed by atoms with E-state index >= 15 is 0 Å². The molecule has 0 bridgehead atoms. The first kappa shape index (κ1) is 11.9. The second kappa shape index (κ2) is 4.55. The van der Waals surface area contributed by atoms with Crippen LogP contribution in [-0.2, 0) is 6.18 Å². The molecule has 4 heteroatoms. The topological polar surface area (TPSA) is 9.23 Å². The smallest absolute Gasteiger partial charge is 0.419 e. The molecule has 0 saturated carbocycles. The van der Waals surface area contributed by atoms with Crippen molar-refractivity contribution in [1.82, 2.24) is 0 Å². The van der Waals surface area contributed by atoms with Gasteiger partial charge in [-0.1, -0.05) is 26.0 Å². The van der Waals surface area contributed by atoms with Gasteiger partial charge in [0, 0.05) is 0 Å². The molecule has 0 aliphatic heterocycles. The van der Waals surface area contributed by atoms with E-state index in [-0.39, 0.29) is 18.3 Å². The monoisotopic (exact) mass is 218 g/mol. The number of alkyl halides is 3. The molecule has 0 unspecified atom stereocenters. The Balaban J connectivity index is 2.87. The lowest BCUT2D eigenvalue weighted by atomic mass is 10.2. The van der Waals surface area contributed by atoms with Crippen molar-refractivity contribution in [3.63, 3.8) is 0 Å². The second-order valence-corrected chi connectivity index (χ2v) is 3.70. The van der Waals surface area contributed by atoms with Gasteiger partial charge in [-0.3, -0.25) is 0 Å². The number of para-hydroxylation sites is 1. The molecule has 0 saturated heterocycles. The second-order valence-electron chi connectivity index (χ2n) is 3.70. The fraction of sp³-hybridized carbons (Fsp3) is 0.455. The molecule has 1 rings (SSSR count). The summed E-state index contributed by atoms with van der Waals surface area (Å²) in [4.78, 5) is 0. The zero-order valence-corrected chi connectivity index (χ0v) is 8.64. The predicted molar refractivity (Wildman–Crippen MR) is 51.8 cm³/mol. The van der Waals surface area contributed by atoms with E-state index in [4.69, 9.17) is 4.74 Å². The highest BCUT2D eigenvalue weighted by Crippen LogP contribution is 2.35. The maximum Gasteiger partial charge on any atom is 0.419 e. The molecule has 0 aromatic heterocycles. The maximum atomic E-state index is 12.5. The first-order chi connectivity index (χ1) is 6.91. The molecule has 0 N–H and O–H groups in total. The van der Waals surface area contributed by atoms with Crippen molar-refractivity contribution >= 4 is 0 Å². The summed E-state index contributed by atoms with van der Waals surface area (Å²) in [6.07, 6.45) is -4.35. The highest BCUT2D eigenvalue weighted by molar-refractivity contribution is 5.35. The molecule has 1 nitrogen and oxygen atoms in total. The van der Waals surface area contributed by atoms with E-state index in [0.29, 0.717) is 0 Å². The van der Waals surface area contributed by atoms with Crippen LogP contribution in [-0.4, -0.2) is 6.61 Å². The lowest BCUT2D eigenvalue weighted by Gasteiger charge is -2.14. The summed E-state index contributed by atoms with van der Waals surface area (Å²) in [6, 6.07) is 5.25. The Bertz CT molecular complexity index is 318. The Hall–Kier alpha value is -1.19. The van der Waals surface area contributed by atoms with E-state index in [0.717, 1.165) is 6.07 Å². The zero-order chi connectivity index (χ0) is 11.5. The van der Waals surface area contributed by atoms with Crippen molar-refractivity contribution in [3.8, 4) is 5.75 Å². The van der Waals surface area contributed by atoms with Gasteiger partial charge >= 0.3 is 6.18 Å². The molecule has 1 aromatic carbocycles. The van der Waals surface area contributed by atoms with Gasteiger partial charge in [0.05, 0.1) is 12.2 Å². The lowest BCUT2D eigenvalue weighted by Crippen LogP contribution is -2.11. The summed E-state index contributed by atoms with van der Waals surface area (Å²) in [5.74, 6) is 0.102. The summed E-state index contributed by atoms with van der Waals surface area (Å²) >= 11 is 0. The predicted octanol–water partition coefficient (Wildman–Crippen LogP) is 3.74. The van der Waals surface area contributed by atoms with Gasteiger partial charge in [0.15, 0.2) is 0 Å². The summed E-state index contributed by atoms with van der Waals surface area (Å²) in [5, 5.41) is 0. The van der Waals surface area contributed by atoms with E-state index in [2.05, 4.69) is 0 Å². The molecule has 0 radical (unpaired) electrons. The van der Waals surface area contributed by atoms with Gasteiger partial charge in [-0.05, 0) is 18.1 Å². The Kier molecular flexibility index (Phi) is 3.61. The standard InChI is InChI=1S/C11H13F3O/c1-8(2)7-15-10-6-4-3-5-9(10)11(12,13)14/h3-6,8H,7H2,1-2H3. The SMILES string of the molecule is CC(C)COc1ccccc1C(F)(F)F. The summed E-state index contributed by atoms with van der Waals surface area (Å²) < 4.78 is 42.6. The molecule has 1 aromatic rings. The van der Waals surface area contributed by atoms with Crippen LogP contribution in [0.1, 0.15) is 19.4 Å². The fourth-order valence-electron chi connectivity index (χ4n) is 1.08. The molecular formula is C11H13F3O. The summed E-state index contributed by atoms with van der Waals surface area (Å²) in [5.41, 5.74) is -0.717. The van der Waals surface area contributed by atoms with Crippen molar-refractivity contribution in [2.75, 3.05) is 6.61 Å². The summed E-state index contributed by atoms with van der Waals surface area (Å²) in [7, 11) is 0. The van der Waals surface area contributed by atoms with Crippen LogP contribution in [0, 0.1) is 5.92 Å². The molecule has 0 heterocycles. The molecule has 15 heavy (non-hydrogen) atoms. The van der Waals surface area contributed by atoms with E-state index < -0.39 is 11.7 Å². The minimum absolute atomic E-state index is 0.0984. The zero-order valence-electron chi connectivity index (χ0n) is 8.64. The Labute approximate surface area is 86.9 Å². The van der Waals surface area contributed by atoms with Gasteiger partial charge in [-0.15, -0.1) is 0 Å². The van der Waals surface area contributed by atoms with Crippen LogP contribution < -0.4 is 4.74 Å². The van der Waals surface area contributed by atoms with E-state index in [1.54, 1.807) is 0 Å². The van der Waals surface area contributed by atoms with Gasteiger partial charge in [0.1, 0.15) is 5.75 Å². The first-order valence-corrected chi connectivity index (χ1v) is 4.70. The maximum absolute atomic E-state index is 12.5. The third-order valence-corrected chi connectivity index (χ3v) is 1.76. The van der Waals surface area contributed by atoms with Gasteiger partial charge in [-0.2, -0.15) is 13.2 Å². The van der Waals surface area contributed by atoms with Crippen LogP contribution in [0.3, 0.4) is 0 Å². The third kappa shape index (κ3) is 3.46. The van der Waals surface area contributed by atoms with Crippen LogP contribution in [0.4, 0.5) is 13.2 Å². The van der Waals surface area contributed by atoms with E-state index in [9.17, 15) is 13.2 Å². The van der Waals surface area contributed by atoms with Crippen molar-refractivity contribution in [1.29, 1.82) is 0 Å². The minimum Gasteiger partial charge on any atom is -0.493 e. The van der Waals surface area contributed by atoms with Gasteiger partial charge in [0.2, 0.25) is 0 Å². The Morgan fingerprint density at radius 2 is 1.80 bits per heavy atom. The number of benzene rings is 1. The van der Waals surface area contributed by atoms with Crippen molar-refractivity contribution in [2.24, 2.45) is 5.92 Å². The average molecular weight is 218 g/mol. The average Bonchev–Trinajstić information content (AvgIpc) is 2.13. The number of hydrogen-bond donors (Lipinski definition) is 0. The lowest BCUT2D eigenvalue weighted by molar-refractivity contribution is -0.139. The molecule has 84 valence electrons. The van der Waals surface area contributed by atoms with Gasteiger partial charge < -0.3 is 4.74 Å². The quantitative estimate of drug-likeness (QED) is 0.750. The normalized spacial score (nSPS) is 11.9.